The minimum absolute atomic E-state index is 0.119. The Labute approximate surface area is 94.0 Å². The van der Waals surface area contributed by atoms with Gasteiger partial charge in [-0.25, -0.2) is 0 Å². The van der Waals surface area contributed by atoms with Crippen LogP contribution < -0.4 is 5.32 Å². The molecule has 3 heteroatoms. The second-order valence-electron chi connectivity index (χ2n) is 5.46. The molecule has 0 aromatic heterocycles. The Morgan fingerprint density at radius 2 is 1.93 bits per heavy atom. The van der Waals surface area contributed by atoms with Crippen molar-refractivity contribution in [1.82, 2.24) is 5.32 Å². The van der Waals surface area contributed by atoms with Gasteiger partial charge >= 0.3 is 0 Å². The van der Waals surface area contributed by atoms with Crippen LogP contribution in [0.15, 0.2) is 0 Å². The summed E-state index contributed by atoms with van der Waals surface area (Å²) in [5.41, 5.74) is 0.240. The number of hydrogen-bond donors (Lipinski definition) is 1. The zero-order chi connectivity index (χ0) is 10.8. The van der Waals surface area contributed by atoms with Crippen LogP contribution in [0.1, 0.15) is 33.6 Å². The van der Waals surface area contributed by atoms with Gasteiger partial charge in [0.1, 0.15) is 0 Å². The summed E-state index contributed by atoms with van der Waals surface area (Å²) in [6, 6.07) is 0. The van der Waals surface area contributed by atoms with Crippen molar-refractivity contribution in [3.63, 3.8) is 0 Å². The summed E-state index contributed by atoms with van der Waals surface area (Å²) in [6.45, 7) is 6.75. The monoisotopic (exact) mass is 259 g/mol. The summed E-state index contributed by atoms with van der Waals surface area (Å²) in [5, 5.41) is 2.82. The van der Waals surface area contributed by atoms with Crippen molar-refractivity contribution in [2.45, 2.75) is 38.4 Å². The van der Waals surface area contributed by atoms with E-state index in [0.717, 1.165) is 12.8 Å². The molecule has 0 saturated heterocycles. The van der Waals surface area contributed by atoms with Crippen molar-refractivity contribution in [2.24, 2.45) is 16.2 Å². The summed E-state index contributed by atoms with van der Waals surface area (Å²) in [5.74, 6) is 0.208. The zero-order valence-corrected chi connectivity index (χ0v) is 10.9. The summed E-state index contributed by atoms with van der Waals surface area (Å²) < 4.78 is 0. The Kier molecular flexibility index (Phi) is 1.90. The van der Waals surface area contributed by atoms with Crippen molar-refractivity contribution in [3.8, 4) is 0 Å². The smallest absolute Gasteiger partial charge is 0.227 e. The van der Waals surface area contributed by atoms with Gasteiger partial charge in [-0.2, -0.15) is 0 Å². The topological polar surface area (TPSA) is 29.1 Å². The predicted octanol–water partition coefficient (Wildman–Crippen LogP) is 2.32. The standard InChI is InChI=1S/C11H18BrNO/c1-9(2)10(3)5-6-11(9,7(10)12)8(14)13-4/h7H,5-6H2,1-4H3,(H,13,14)/t7-,10+,11-/m1/s1. The Hall–Kier alpha value is -0.0500. The van der Waals surface area contributed by atoms with Gasteiger partial charge in [-0.3, -0.25) is 4.79 Å². The molecule has 80 valence electrons. The third-order valence-corrected chi connectivity index (χ3v) is 7.00. The lowest BCUT2D eigenvalue weighted by Gasteiger charge is -2.64. The first-order chi connectivity index (χ1) is 6.34. The van der Waals surface area contributed by atoms with E-state index in [1.807, 2.05) is 0 Å². The number of carbonyl (C=O) groups is 1. The lowest BCUT2D eigenvalue weighted by Crippen LogP contribution is -2.69. The van der Waals surface area contributed by atoms with Gasteiger partial charge in [0.2, 0.25) is 5.91 Å². The van der Waals surface area contributed by atoms with Crippen molar-refractivity contribution < 1.29 is 4.79 Å². The van der Waals surface area contributed by atoms with E-state index in [2.05, 4.69) is 42.0 Å². The number of fused-ring (bicyclic) bond motifs is 1. The van der Waals surface area contributed by atoms with Crippen LogP contribution in [-0.4, -0.2) is 17.8 Å². The Bertz CT molecular complexity index is 302. The highest BCUT2D eigenvalue weighted by Gasteiger charge is 2.79. The third kappa shape index (κ3) is 0.709. The highest BCUT2D eigenvalue weighted by atomic mass is 79.9. The van der Waals surface area contributed by atoms with Crippen LogP contribution in [-0.2, 0) is 4.79 Å². The van der Waals surface area contributed by atoms with E-state index in [-0.39, 0.29) is 16.7 Å². The van der Waals surface area contributed by atoms with E-state index >= 15 is 0 Å². The molecule has 3 atom stereocenters. The average Bonchev–Trinajstić information content (AvgIpc) is 2.54. The first-order valence-electron chi connectivity index (χ1n) is 5.21. The summed E-state index contributed by atoms with van der Waals surface area (Å²) in [7, 11) is 1.74. The van der Waals surface area contributed by atoms with Gasteiger partial charge in [-0.1, -0.05) is 36.7 Å². The van der Waals surface area contributed by atoms with Crippen molar-refractivity contribution in [3.05, 3.63) is 0 Å². The number of rotatable bonds is 1. The molecule has 0 unspecified atom stereocenters. The fourth-order valence-electron chi connectivity index (χ4n) is 3.68. The molecule has 0 aromatic rings. The summed E-state index contributed by atoms with van der Waals surface area (Å²) in [6.07, 6.45) is 2.18. The Morgan fingerprint density at radius 1 is 1.36 bits per heavy atom. The number of hydrogen-bond acceptors (Lipinski definition) is 1. The quantitative estimate of drug-likeness (QED) is 0.720. The molecule has 2 nitrogen and oxygen atoms in total. The van der Waals surface area contributed by atoms with Gasteiger partial charge < -0.3 is 5.32 Å². The molecule has 3 rings (SSSR count). The van der Waals surface area contributed by atoms with Crippen molar-refractivity contribution in [2.75, 3.05) is 7.05 Å². The van der Waals surface area contributed by atoms with E-state index < -0.39 is 0 Å². The number of amides is 1. The maximum Gasteiger partial charge on any atom is 0.227 e. The molecule has 0 heterocycles. The molecule has 0 aliphatic heterocycles. The van der Waals surface area contributed by atoms with E-state index in [0.29, 0.717) is 10.2 Å². The molecular formula is C11H18BrNO. The fourth-order valence-corrected chi connectivity index (χ4v) is 5.49. The molecule has 1 N–H and O–H groups in total. The second kappa shape index (κ2) is 2.55. The van der Waals surface area contributed by atoms with Crippen LogP contribution in [0.4, 0.5) is 0 Å². The predicted molar refractivity (Wildman–Crippen MR) is 60.3 cm³/mol. The lowest BCUT2D eigenvalue weighted by molar-refractivity contribution is -0.161. The van der Waals surface area contributed by atoms with Crippen LogP contribution >= 0.6 is 15.9 Å². The molecule has 1 amide bonds. The minimum Gasteiger partial charge on any atom is -0.359 e. The van der Waals surface area contributed by atoms with E-state index in [9.17, 15) is 4.79 Å². The molecular weight excluding hydrogens is 242 g/mol. The summed E-state index contributed by atoms with van der Waals surface area (Å²) >= 11 is 3.72. The Morgan fingerprint density at radius 3 is 2.21 bits per heavy atom. The molecule has 3 saturated carbocycles. The van der Waals surface area contributed by atoms with E-state index in [4.69, 9.17) is 0 Å². The van der Waals surface area contributed by atoms with Crippen molar-refractivity contribution in [1.29, 1.82) is 0 Å². The van der Waals surface area contributed by atoms with Gasteiger partial charge in [0, 0.05) is 11.9 Å². The molecule has 3 aliphatic rings. The first-order valence-corrected chi connectivity index (χ1v) is 6.12. The third-order valence-electron chi connectivity index (χ3n) is 5.21. The molecule has 0 aromatic carbocycles. The van der Waals surface area contributed by atoms with Crippen LogP contribution in [0.2, 0.25) is 0 Å². The maximum atomic E-state index is 12.0. The number of alkyl halides is 1. The molecule has 3 aliphatic carbocycles. The van der Waals surface area contributed by atoms with E-state index in [1.165, 1.54) is 0 Å². The molecule has 0 radical (unpaired) electrons. The largest absolute Gasteiger partial charge is 0.359 e. The van der Waals surface area contributed by atoms with Gasteiger partial charge in [-0.15, -0.1) is 0 Å². The van der Waals surface area contributed by atoms with Crippen LogP contribution in [0.25, 0.3) is 0 Å². The van der Waals surface area contributed by atoms with Gasteiger partial charge in [0.05, 0.1) is 5.41 Å². The highest BCUT2D eigenvalue weighted by molar-refractivity contribution is 9.09. The molecule has 3 fully saturated rings. The van der Waals surface area contributed by atoms with Gasteiger partial charge in [0.25, 0.3) is 0 Å². The van der Waals surface area contributed by atoms with E-state index in [1.54, 1.807) is 7.05 Å². The number of halogens is 1. The number of carbonyl (C=O) groups excluding carboxylic acids is 1. The first kappa shape index (κ1) is 10.5. The van der Waals surface area contributed by atoms with Crippen molar-refractivity contribution >= 4 is 21.8 Å². The molecule has 2 bridgehead atoms. The maximum absolute atomic E-state index is 12.0. The molecule has 14 heavy (non-hydrogen) atoms. The average molecular weight is 260 g/mol. The van der Waals surface area contributed by atoms with Gasteiger partial charge in [0.15, 0.2) is 0 Å². The normalized spacial score (nSPS) is 48.5. The van der Waals surface area contributed by atoms with Crippen LogP contribution in [0, 0.1) is 16.2 Å². The van der Waals surface area contributed by atoms with Gasteiger partial charge in [-0.05, 0) is 23.7 Å². The number of nitrogens with one attached hydrogen (secondary N) is 1. The van der Waals surface area contributed by atoms with Crippen LogP contribution in [0.5, 0.6) is 0 Å². The minimum atomic E-state index is -0.170. The SMILES string of the molecule is CNC(=O)[C@@]12CC[C@@](C)([C@H]1Br)C2(C)C. The van der Waals surface area contributed by atoms with Crippen LogP contribution in [0.3, 0.4) is 0 Å². The Balaban J connectivity index is 2.44. The lowest BCUT2D eigenvalue weighted by atomic mass is 9.43. The summed E-state index contributed by atoms with van der Waals surface area (Å²) in [4.78, 5) is 12.3. The molecule has 0 spiro atoms. The fraction of sp³-hybridized carbons (Fsp3) is 0.909. The highest BCUT2D eigenvalue weighted by Crippen LogP contribution is 2.79. The second-order valence-corrected chi connectivity index (χ2v) is 6.37. The zero-order valence-electron chi connectivity index (χ0n) is 9.28.